The van der Waals surface area contributed by atoms with Crippen LogP contribution < -0.4 is 5.32 Å². The number of carbonyl (C=O) groups is 2. The maximum atomic E-state index is 12.3. The van der Waals surface area contributed by atoms with Crippen LogP contribution in [0.1, 0.15) is 39.4 Å². The summed E-state index contributed by atoms with van der Waals surface area (Å²) in [7, 11) is 0. The molecule has 0 atom stereocenters. The molecular formula is C17H17NO2S. The fourth-order valence-electron chi connectivity index (χ4n) is 2.32. The third-order valence-electron chi connectivity index (χ3n) is 3.83. The molecule has 0 unspecified atom stereocenters. The first-order chi connectivity index (χ1) is 10.2. The number of thiophene rings is 1. The molecule has 1 saturated carbocycles. The SMILES string of the molecule is O=C(c1ccccc1)c1ccc(CNC(=O)C2CCC2)s1. The van der Waals surface area contributed by atoms with Gasteiger partial charge in [-0.25, -0.2) is 0 Å². The second kappa shape index (κ2) is 6.22. The Labute approximate surface area is 128 Å². The van der Waals surface area contributed by atoms with Gasteiger partial charge < -0.3 is 5.32 Å². The lowest BCUT2D eigenvalue weighted by Crippen LogP contribution is -2.33. The van der Waals surface area contributed by atoms with Gasteiger partial charge in [0, 0.05) is 16.4 Å². The Morgan fingerprint density at radius 3 is 2.52 bits per heavy atom. The summed E-state index contributed by atoms with van der Waals surface area (Å²) in [6, 6.07) is 13.0. The van der Waals surface area contributed by atoms with Gasteiger partial charge in [0.2, 0.25) is 11.7 Å². The number of carbonyl (C=O) groups excluding carboxylic acids is 2. The van der Waals surface area contributed by atoms with Crippen molar-refractivity contribution in [1.29, 1.82) is 0 Å². The molecule has 1 aliphatic carbocycles. The summed E-state index contributed by atoms with van der Waals surface area (Å²) in [6.07, 6.45) is 3.18. The highest BCUT2D eigenvalue weighted by molar-refractivity contribution is 7.14. The highest BCUT2D eigenvalue weighted by Crippen LogP contribution is 2.26. The van der Waals surface area contributed by atoms with E-state index in [4.69, 9.17) is 0 Å². The van der Waals surface area contributed by atoms with Crippen LogP contribution in [0.25, 0.3) is 0 Å². The third kappa shape index (κ3) is 3.22. The first kappa shape index (κ1) is 14.0. The zero-order valence-electron chi connectivity index (χ0n) is 11.7. The van der Waals surface area contributed by atoms with Gasteiger partial charge in [-0.05, 0) is 25.0 Å². The van der Waals surface area contributed by atoms with Crippen LogP contribution in [0.5, 0.6) is 0 Å². The minimum absolute atomic E-state index is 0.0390. The molecule has 1 aromatic heterocycles. The molecule has 0 aliphatic heterocycles. The van der Waals surface area contributed by atoms with Gasteiger partial charge >= 0.3 is 0 Å². The average molecular weight is 299 g/mol. The summed E-state index contributed by atoms with van der Waals surface area (Å²) in [4.78, 5) is 25.8. The van der Waals surface area contributed by atoms with E-state index in [0.717, 1.165) is 24.1 Å². The van der Waals surface area contributed by atoms with Crippen LogP contribution in [-0.2, 0) is 11.3 Å². The molecule has 4 heteroatoms. The molecule has 1 fully saturated rings. The van der Waals surface area contributed by atoms with E-state index in [1.807, 2.05) is 42.5 Å². The number of hydrogen-bond donors (Lipinski definition) is 1. The van der Waals surface area contributed by atoms with E-state index in [2.05, 4.69) is 5.32 Å². The fourth-order valence-corrected chi connectivity index (χ4v) is 3.23. The van der Waals surface area contributed by atoms with Crippen molar-refractivity contribution in [2.75, 3.05) is 0 Å². The van der Waals surface area contributed by atoms with Crippen molar-refractivity contribution in [2.24, 2.45) is 5.92 Å². The Hall–Kier alpha value is -1.94. The molecule has 0 radical (unpaired) electrons. The number of hydrogen-bond acceptors (Lipinski definition) is 3. The first-order valence-electron chi connectivity index (χ1n) is 7.20. The summed E-state index contributed by atoms with van der Waals surface area (Å²) in [5.74, 6) is 0.387. The van der Waals surface area contributed by atoms with Crippen LogP contribution in [0.4, 0.5) is 0 Å². The smallest absolute Gasteiger partial charge is 0.223 e. The second-order valence-corrected chi connectivity index (χ2v) is 6.48. The monoisotopic (exact) mass is 299 g/mol. The summed E-state index contributed by atoms with van der Waals surface area (Å²) in [5, 5.41) is 2.95. The number of benzene rings is 1. The van der Waals surface area contributed by atoms with Crippen molar-refractivity contribution in [3.63, 3.8) is 0 Å². The van der Waals surface area contributed by atoms with Crippen molar-refractivity contribution < 1.29 is 9.59 Å². The van der Waals surface area contributed by atoms with E-state index in [-0.39, 0.29) is 17.6 Å². The molecule has 1 aliphatic rings. The highest BCUT2D eigenvalue weighted by atomic mass is 32.1. The van der Waals surface area contributed by atoms with Gasteiger partial charge in [0.25, 0.3) is 0 Å². The molecule has 3 nitrogen and oxygen atoms in total. The highest BCUT2D eigenvalue weighted by Gasteiger charge is 2.24. The van der Waals surface area contributed by atoms with Crippen molar-refractivity contribution >= 4 is 23.0 Å². The predicted molar refractivity (Wildman–Crippen MR) is 83.4 cm³/mol. The van der Waals surface area contributed by atoms with E-state index in [9.17, 15) is 9.59 Å². The van der Waals surface area contributed by atoms with Gasteiger partial charge in [-0.3, -0.25) is 9.59 Å². The molecule has 1 heterocycles. The maximum Gasteiger partial charge on any atom is 0.223 e. The number of nitrogens with one attached hydrogen (secondary N) is 1. The zero-order chi connectivity index (χ0) is 14.7. The van der Waals surface area contributed by atoms with Gasteiger partial charge in [0.1, 0.15) is 0 Å². The van der Waals surface area contributed by atoms with Crippen LogP contribution >= 0.6 is 11.3 Å². The average Bonchev–Trinajstić information content (AvgIpc) is 2.92. The van der Waals surface area contributed by atoms with E-state index < -0.39 is 0 Å². The van der Waals surface area contributed by atoms with Crippen LogP contribution in [0.3, 0.4) is 0 Å². The van der Waals surface area contributed by atoms with Crippen molar-refractivity contribution in [1.82, 2.24) is 5.32 Å². The molecule has 3 rings (SSSR count). The Morgan fingerprint density at radius 2 is 1.86 bits per heavy atom. The van der Waals surface area contributed by atoms with Crippen molar-refractivity contribution in [2.45, 2.75) is 25.8 Å². The molecule has 0 spiro atoms. The predicted octanol–water partition coefficient (Wildman–Crippen LogP) is 3.40. The lowest BCUT2D eigenvalue weighted by Gasteiger charge is -2.23. The standard InChI is InChI=1S/C17H17NO2S/c19-16(12-5-2-1-3-6-12)15-10-9-14(21-15)11-18-17(20)13-7-4-8-13/h1-3,5-6,9-10,13H,4,7-8,11H2,(H,18,20). The molecule has 108 valence electrons. The molecule has 1 aromatic carbocycles. The van der Waals surface area contributed by atoms with E-state index in [1.54, 1.807) is 0 Å². The molecule has 1 N–H and O–H groups in total. The van der Waals surface area contributed by atoms with Crippen molar-refractivity contribution in [3.05, 3.63) is 57.8 Å². The Bertz CT molecular complexity index is 644. The number of rotatable bonds is 5. The van der Waals surface area contributed by atoms with E-state index in [1.165, 1.54) is 11.3 Å². The third-order valence-corrected chi connectivity index (χ3v) is 4.92. The Kier molecular flexibility index (Phi) is 4.15. The fraction of sp³-hybridized carbons (Fsp3) is 0.294. The first-order valence-corrected chi connectivity index (χ1v) is 8.02. The molecule has 21 heavy (non-hydrogen) atoms. The maximum absolute atomic E-state index is 12.3. The largest absolute Gasteiger partial charge is 0.351 e. The summed E-state index contributed by atoms with van der Waals surface area (Å²) < 4.78 is 0. The zero-order valence-corrected chi connectivity index (χ0v) is 12.5. The Balaban J connectivity index is 1.61. The molecular weight excluding hydrogens is 282 g/mol. The molecule has 0 saturated heterocycles. The Morgan fingerprint density at radius 1 is 1.10 bits per heavy atom. The summed E-state index contributed by atoms with van der Waals surface area (Å²) >= 11 is 1.45. The van der Waals surface area contributed by atoms with Crippen molar-refractivity contribution in [3.8, 4) is 0 Å². The van der Waals surface area contributed by atoms with E-state index in [0.29, 0.717) is 17.0 Å². The lowest BCUT2D eigenvalue weighted by atomic mass is 9.85. The van der Waals surface area contributed by atoms with Crippen LogP contribution in [0.2, 0.25) is 0 Å². The van der Waals surface area contributed by atoms with Crippen LogP contribution in [-0.4, -0.2) is 11.7 Å². The minimum Gasteiger partial charge on any atom is -0.351 e. The van der Waals surface area contributed by atoms with Gasteiger partial charge in [0.15, 0.2) is 0 Å². The topological polar surface area (TPSA) is 46.2 Å². The molecule has 2 aromatic rings. The quantitative estimate of drug-likeness (QED) is 0.860. The molecule has 1 amide bonds. The number of amides is 1. The van der Waals surface area contributed by atoms with Gasteiger partial charge in [-0.2, -0.15) is 0 Å². The van der Waals surface area contributed by atoms with Gasteiger partial charge in [0.05, 0.1) is 11.4 Å². The second-order valence-electron chi connectivity index (χ2n) is 5.31. The van der Waals surface area contributed by atoms with Gasteiger partial charge in [-0.15, -0.1) is 11.3 Å². The normalized spacial score (nSPS) is 14.5. The molecule has 0 bridgehead atoms. The number of ketones is 1. The van der Waals surface area contributed by atoms with Crippen LogP contribution in [0, 0.1) is 5.92 Å². The minimum atomic E-state index is 0.0390. The lowest BCUT2D eigenvalue weighted by molar-refractivity contribution is -0.127. The summed E-state index contributed by atoms with van der Waals surface area (Å²) in [6.45, 7) is 0.516. The van der Waals surface area contributed by atoms with Gasteiger partial charge in [-0.1, -0.05) is 36.8 Å². The van der Waals surface area contributed by atoms with Crippen LogP contribution in [0.15, 0.2) is 42.5 Å². The van der Waals surface area contributed by atoms with E-state index >= 15 is 0 Å². The summed E-state index contributed by atoms with van der Waals surface area (Å²) in [5.41, 5.74) is 0.699.